The zero-order chi connectivity index (χ0) is 11.2. The van der Waals surface area contributed by atoms with Gasteiger partial charge in [0.2, 0.25) is 0 Å². The molecular weight excluding hydrogens is 214 g/mol. The molecule has 1 aliphatic heterocycles. The van der Waals surface area contributed by atoms with Gasteiger partial charge in [0.05, 0.1) is 5.75 Å². The summed E-state index contributed by atoms with van der Waals surface area (Å²) in [5, 5.41) is 0. The van der Waals surface area contributed by atoms with E-state index in [0.29, 0.717) is 0 Å². The van der Waals surface area contributed by atoms with Crippen molar-refractivity contribution in [2.75, 3.05) is 12.3 Å². The summed E-state index contributed by atoms with van der Waals surface area (Å²) in [6.45, 7) is -0.0289. The van der Waals surface area contributed by atoms with Crippen LogP contribution in [0.15, 0.2) is 12.2 Å². The Morgan fingerprint density at radius 1 is 1.29 bits per heavy atom. The van der Waals surface area contributed by atoms with Gasteiger partial charge in [-0.3, -0.25) is 4.55 Å². The highest BCUT2D eigenvalue weighted by atomic mass is 32.2. The number of cyclic esters (lactones) is 2. The fourth-order valence-electron chi connectivity index (χ4n) is 0.452. The first-order valence-electron chi connectivity index (χ1n) is 3.44. The third kappa shape index (κ3) is 7.40. The fraction of sp³-hybridized carbons (Fsp3) is 0.333. The maximum Gasteiger partial charge on any atom is 0.338 e. The summed E-state index contributed by atoms with van der Waals surface area (Å²) in [5.74, 6) is -1.51. The van der Waals surface area contributed by atoms with Crippen LogP contribution in [0.4, 0.5) is 0 Å². The molecule has 0 saturated carbocycles. The minimum absolute atomic E-state index is 0.0289. The van der Waals surface area contributed by atoms with Crippen LogP contribution in [-0.2, 0) is 24.4 Å². The number of hydrogen-bond acceptors (Lipinski definition) is 6. The molecule has 1 aliphatic rings. The smallest absolute Gasteiger partial charge is 0.338 e. The Bertz CT molecular complexity index is 327. The third-order valence-corrected chi connectivity index (χ3v) is 1.68. The summed E-state index contributed by atoms with van der Waals surface area (Å²) in [5.41, 5.74) is 4.78. The summed E-state index contributed by atoms with van der Waals surface area (Å²) in [6.07, 6.45) is 2.17. The molecule has 0 spiro atoms. The van der Waals surface area contributed by atoms with Gasteiger partial charge in [0.1, 0.15) is 0 Å². The number of esters is 2. The number of ether oxygens (including phenoxy) is 1. The highest BCUT2D eigenvalue weighted by Crippen LogP contribution is 1.92. The minimum atomic E-state index is -3.80. The zero-order valence-corrected chi connectivity index (χ0v) is 7.86. The first-order chi connectivity index (χ1) is 6.35. The summed E-state index contributed by atoms with van der Waals surface area (Å²) < 4.78 is 31.3. The molecule has 0 aromatic carbocycles. The summed E-state index contributed by atoms with van der Waals surface area (Å²) >= 11 is 0. The van der Waals surface area contributed by atoms with Gasteiger partial charge in [0.15, 0.2) is 0 Å². The molecule has 7 nitrogen and oxygen atoms in total. The summed E-state index contributed by atoms with van der Waals surface area (Å²) in [6, 6.07) is 0. The van der Waals surface area contributed by atoms with Gasteiger partial charge < -0.3 is 10.5 Å². The first kappa shape index (κ1) is 12.8. The van der Waals surface area contributed by atoms with Crippen molar-refractivity contribution in [1.82, 2.24) is 0 Å². The lowest BCUT2D eigenvalue weighted by atomic mass is 10.6. The van der Waals surface area contributed by atoms with Crippen LogP contribution in [0.25, 0.3) is 0 Å². The predicted molar refractivity (Wildman–Crippen MR) is 45.7 cm³/mol. The molecule has 1 rings (SSSR count). The van der Waals surface area contributed by atoms with Crippen LogP contribution in [-0.4, -0.2) is 37.2 Å². The number of rotatable bonds is 2. The lowest BCUT2D eigenvalue weighted by Gasteiger charge is -1.86. The molecule has 0 bridgehead atoms. The van der Waals surface area contributed by atoms with Crippen molar-refractivity contribution in [3.05, 3.63) is 12.2 Å². The van der Waals surface area contributed by atoms with Gasteiger partial charge in [-0.05, 0) is 0 Å². The number of hydrogen-bond donors (Lipinski definition) is 2. The van der Waals surface area contributed by atoms with E-state index in [1.165, 1.54) is 0 Å². The maximum atomic E-state index is 9.92. The molecule has 0 unspecified atom stereocenters. The number of nitrogens with two attached hydrogens (primary N) is 1. The van der Waals surface area contributed by atoms with Crippen molar-refractivity contribution < 1.29 is 27.3 Å². The van der Waals surface area contributed by atoms with Gasteiger partial charge in [-0.25, -0.2) is 9.59 Å². The topological polar surface area (TPSA) is 124 Å². The van der Waals surface area contributed by atoms with E-state index in [1.54, 1.807) is 0 Å². The van der Waals surface area contributed by atoms with Crippen LogP contribution < -0.4 is 5.73 Å². The molecule has 3 N–H and O–H groups in total. The van der Waals surface area contributed by atoms with Crippen LogP contribution in [0.5, 0.6) is 0 Å². The van der Waals surface area contributed by atoms with Crippen molar-refractivity contribution in [1.29, 1.82) is 0 Å². The second-order valence-electron chi connectivity index (χ2n) is 2.15. The van der Waals surface area contributed by atoms with Crippen molar-refractivity contribution >= 4 is 22.1 Å². The number of carbonyl (C=O) groups excluding carboxylic acids is 2. The molecule has 0 amide bonds. The molecule has 0 aliphatic carbocycles. The predicted octanol–water partition coefficient (Wildman–Crippen LogP) is -1.54. The van der Waals surface area contributed by atoms with Gasteiger partial charge >= 0.3 is 11.9 Å². The van der Waals surface area contributed by atoms with Crippen LogP contribution >= 0.6 is 0 Å². The highest BCUT2D eigenvalue weighted by molar-refractivity contribution is 7.85. The van der Waals surface area contributed by atoms with E-state index in [1.807, 2.05) is 0 Å². The molecule has 0 atom stereocenters. The van der Waals surface area contributed by atoms with Crippen LogP contribution in [0, 0.1) is 0 Å². The van der Waals surface area contributed by atoms with Gasteiger partial charge in [-0.2, -0.15) is 8.42 Å². The van der Waals surface area contributed by atoms with E-state index in [2.05, 4.69) is 4.74 Å². The lowest BCUT2D eigenvalue weighted by Crippen LogP contribution is -2.13. The largest absolute Gasteiger partial charge is 0.387 e. The molecule has 14 heavy (non-hydrogen) atoms. The van der Waals surface area contributed by atoms with Crippen LogP contribution in [0.1, 0.15) is 0 Å². The van der Waals surface area contributed by atoms with E-state index in [0.717, 1.165) is 12.2 Å². The molecule has 0 aromatic heterocycles. The Kier molecular flexibility index (Phi) is 4.99. The van der Waals surface area contributed by atoms with E-state index in [4.69, 9.17) is 10.3 Å². The molecule has 1 heterocycles. The molecule has 80 valence electrons. The Morgan fingerprint density at radius 2 is 1.71 bits per heavy atom. The average Bonchev–Trinajstić information content (AvgIpc) is 2.33. The van der Waals surface area contributed by atoms with Crippen LogP contribution in [0.2, 0.25) is 0 Å². The maximum absolute atomic E-state index is 9.92. The molecule has 0 aromatic rings. The van der Waals surface area contributed by atoms with Crippen molar-refractivity contribution in [3.63, 3.8) is 0 Å². The Morgan fingerprint density at radius 3 is 1.79 bits per heavy atom. The van der Waals surface area contributed by atoms with Gasteiger partial charge in [0.25, 0.3) is 10.1 Å². The van der Waals surface area contributed by atoms with Gasteiger partial charge in [-0.1, -0.05) is 0 Å². The van der Waals surface area contributed by atoms with Crippen molar-refractivity contribution in [3.8, 4) is 0 Å². The standard InChI is InChI=1S/C4H2O3.C2H7NO3S/c5-3-1-2-4(6)7-3;3-1-2-7(4,5)6/h1-2H;1-3H2,(H,4,5,6). The van der Waals surface area contributed by atoms with E-state index in [-0.39, 0.29) is 12.3 Å². The normalized spacial score (nSPS) is 14.7. The average molecular weight is 223 g/mol. The monoisotopic (exact) mass is 223 g/mol. The van der Waals surface area contributed by atoms with Gasteiger partial charge in [0, 0.05) is 18.7 Å². The third-order valence-electron chi connectivity index (χ3n) is 0.932. The Hall–Kier alpha value is -1.25. The SMILES string of the molecule is NCCS(=O)(=O)O.O=C1C=CC(=O)O1. The summed E-state index contributed by atoms with van der Waals surface area (Å²) in [7, 11) is -3.80. The molecule has 0 radical (unpaired) electrons. The van der Waals surface area contributed by atoms with E-state index < -0.39 is 22.1 Å². The van der Waals surface area contributed by atoms with Gasteiger partial charge in [-0.15, -0.1) is 0 Å². The Balaban J connectivity index is 0.000000241. The molecular formula is C6H9NO6S. The van der Waals surface area contributed by atoms with Crippen molar-refractivity contribution in [2.24, 2.45) is 5.73 Å². The lowest BCUT2D eigenvalue weighted by molar-refractivity contribution is -0.150. The van der Waals surface area contributed by atoms with Crippen molar-refractivity contribution in [2.45, 2.75) is 0 Å². The molecule has 8 heteroatoms. The second-order valence-corrected chi connectivity index (χ2v) is 3.72. The van der Waals surface area contributed by atoms with Crippen LogP contribution in [0.3, 0.4) is 0 Å². The quantitative estimate of drug-likeness (QED) is 0.330. The minimum Gasteiger partial charge on any atom is -0.387 e. The zero-order valence-electron chi connectivity index (χ0n) is 7.04. The second kappa shape index (κ2) is 5.47. The molecule has 0 saturated heterocycles. The highest BCUT2D eigenvalue weighted by Gasteiger charge is 2.10. The van der Waals surface area contributed by atoms with E-state index >= 15 is 0 Å². The fourth-order valence-corrected chi connectivity index (χ4v) is 0.750. The Labute approximate surface area is 80.3 Å². The number of carbonyl (C=O) groups is 2. The summed E-state index contributed by atoms with van der Waals surface area (Å²) in [4.78, 5) is 19.8. The first-order valence-corrected chi connectivity index (χ1v) is 5.05. The van der Waals surface area contributed by atoms with E-state index in [9.17, 15) is 18.0 Å². The molecule has 0 fully saturated rings.